The predicted octanol–water partition coefficient (Wildman–Crippen LogP) is 2.50. The molecule has 2 aromatic carbocycles. The Morgan fingerprint density at radius 2 is 1.72 bits per heavy atom. The molecule has 0 aromatic heterocycles. The Balaban J connectivity index is 2.24. The Hall–Kier alpha value is -2.95. The molecule has 0 aliphatic rings. The van der Waals surface area contributed by atoms with Gasteiger partial charge in [0.15, 0.2) is 5.78 Å². The van der Waals surface area contributed by atoms with E-state index in [1.165, 1.54) is 18.2 Å². The number of rotatable bonds is 8. The topological polar surface area (TPSA) is 83.6 Å². The van der Waals surface area contributed by atoms with E-state index >= 15 is 0 Å². The Morgan fingerprint density at radius 1 is 1.07 bits per heavy atom. The van der Waals surface area contributed by atoms with Gasteiger partial charge in [-0.25, -0.2) is 17.2 Å². The molecule has 0 saturated carbocycles. The number of hydrogen-bond donors (Lipinski definition) is 1. The van der Waals surface area contributed by atoms with Gasteiger partial charge in [-0.15, -0.1) is 0 Å². The molecule has 0 bridgehead atoms. The summed E-state index contributed by atoms with van der Waals surface area (Å²) in [4.78, 5) is 22.7. The summed E-state index contributed by atoms with van der Waals surface area (Å²) in [5.74, 6) is -4.23. The number of benzene rings is 2. The van der Waals surface area contributed by atoms with E-state index in [0.717, 1.165) is 30.5 Å². The predicted molar refractivity (Wildman–Crippen MR) is 97.2 cm³/mol. The molecule has 0 fully saturated rings. The lowest BCUT2D eigenvalue weighted by molar-refractivity contribution is -0.131. The molecule has 29 heavy (non-hydrogen) atoms. The minimum absolute atomic E-state index is 0.146. The van der Waals surface area contributed by atoms with Crippen molar-refractivity contribution < 1.29 is 35.6 Å². The molecule has 0 saturated heterocycles. The van der Waals surface area contributed by atoms with Crippen LogP contribution in [0.4, 0.5) is 23.2 Å². The summed E-state index contributed by atoms with van der Waals surface area (Å²) < 4.78 is 77.5. The van der Waals surface area contributed by atoms with Gasteiger partial charge in [-0.2, -0.15) is 8.78 Å². The second-order valence-electron chi connectivity index (χ2n) is 5.97. The number of halogens is 4. The molecule has 0 aliphatic heterocycles. The molecule has 0 atom stereocenters. The van der Waals surface area contributed by atoms with Gasteiger partial charge >= 0.3 is 6.43 Å². The van der Waals surface area contributed by atoms with Crippen molar-refractivity contribution in [2.75, 3.05) is 17.1 Å². The number of carbonyl (C=O) groups is 2. The highest BCUT2D eigenvalue weighted by atomic mass is 32.2. The molecule has 1 N–H and O–H groups in total. The number of para-hydroxylation sites is 1. The van der Waals surface area contributed by atoms with Gasteiger partial charge in [-0.05, 0) is 18.2 Å². The Bertz CT molecular complexity index is 1030. The van der Waals surface area contributed by atoms with E-state index in [2.05, 4.69) is 0 Å². The third-order valence-electron chi connectivity index (χ3n) is 3.83. The van der Waals surface area contributed by atoms with Crippen LogP contribution in [0.3, 0.4) is 0 Å². The summed E-state index contributed by atoms with van der Waals surface area (Å²) >= 11 is 0. The Morgan fingerprint density at radius 3 is 2.28 bits per heavy atom. The molecule has 0 spiro atoms. The maximum Gasteiger partial charge on any atom is 0.315 e. The van der Waals surface area contributed by atoms with Crippen LogP contribution < -0.4 is 9.62 Å². The third-order valence-corrected chi connectivity index (χ3v) is 4.96. The van der Waals surface area contributed by atoms with Crippen molar-refractivity contribution in [1.82, 2.24) is 5.32 Å². The first-order chi connectivity index (χ1) is 13.5. The smallest absolute Gasteiger partial charge is 0.315 e. The van der Waals surface area contributed by atoms with Crippen molar-refractivity contribution >= 4 is 27.4 Å². The fourth-order valence-electron chi connectivity index (χ4n) is 2.39. The molecule has 2 rings (SSSR count). The molecule has 0 heterocycles. The molecule has 0 unspecified atom stereocenters. The van der Waals surface area contributed by atoms with E-state index in [4.69, 9.17) is 0 Å². The maximum atomic E-state index is 14.4. The summed E-state index contributed by atoms with van der Waals surface area (Å²) in [6.07, 6.45) is -2.46. The average molecular weight is 432 g/mol. The molecule has 1 amide bonds. The normalized spacial score (nSPS) is 11.4. The number of amides is 1. The van der Waals surface area contributed by atoms with Crippen molar-refractivity contribution in [2.45, 2.75) is 13.0 Å². The monoisotopic (exact) mass is 432 g/mol. The second-order valence-corrected chi connectivity index (χ2v) is 7.88. The van der Waals surface area contributed by atoms with Crippen molar-refractivity contribution in [3.63, 3.8) is 0 Å². The van der Waals surface area contributed by atoms with Gasteiger partial charge < -0.3 is 5.32 Å². The summed E-state index contributed by atoms with van der Waals surface area (Å²) in [5, 5.41) is 1.70. The zero-order chi connectivity index (χ0) is 21.8. The van der Waals surface area contributed by atoms with Gasteiger partial charge in [0.2, 0.25) is 10.0 Å². The first-order valence-electron chi connectivity index (χ1n) is 8.10. The number of anilines is 1. The number of hydrogen-bond acceptors (Lipinski definition) is 4. The van der Waals surface area contributed by atoms with Crippen LogP contribution in [0.5, 0.6) is 0 Å². The van der Waals surface area contributed by atoms with Crippen molar-refractivity contribution in [3.05, 3.63) is 65.2 Å². The van der Waals surface area contributed by atoms with E-state index in [1.54, 1.807) is 5.32 Å². The van der Waals surface area contributed by atoms with Crippen LogP contribution >= 0.6 is 0 Å². The van der Waals surface area contributed by atoms with Crippen LogP contribution in [0.15, 0.2) is 42.5 Å². The van der Waals surface area contributed by atoms with Gasteiger partial charge in [0, 0.05) is 11.1 Å². The van der Waals surface area contributed by atoms with E-state index in [0.29, 0.717) is 4.31 Å². The lowest BCUT2D eigenvalue weighted by atomic mass is 10.1. The van der Waals surface area contributed by atoms with E-state index < -0.39 is 52.9 Å². The first-order valence-corrected chi connectivity index (χ1v) is 9.95. The fourth-order valence-corrected chi connectivity index (χ4v) is 3.26. The summed E-state index contributed by atoms with van der Waals surface area (Å²) in [7, 11) is -3.97. The van der Waals surface area contributed by atoms with Gasteiger partial charge in [-0.1, -0.05) is 24.3 Å². The van der Waals surface area contributed by atoms with Crippen molar-refractivity contribution in [3.8, 4) is 0 Å². The van der Waals surface area contributed by atoms with E-state index in [-0.39, 0.29) is 16.8 Å². The van der Waals surface area contributed by atoms with E-state index in [9.17, 15) is 35.6 Å². The number of alkyl halides is 2. The number of nitrogens with zero attached hydrogens (tertiary/aromatic N) is 1. The number of carbonyl (C=O) groups excluding carboxylic acids is 2. The summed E-state index contributed by atoms with van der Waals surface area (Å²) in [5.41, 5.74) is -0.631. The highest BCUT2D eigenvalue weighted by Gasteiger charge is 2.23. The van der Waals surface area contributed by atoms with Crippen molar-refractivity contribution in [2.24, 2.45) is 0 Å². The van der Waals surface area contributed by atoms with Gasteiger partial charge in [0.1, 0.15) is 11.6 Å². The number of nitrogens with one attached hydrogen (secondary N) is 1. The molecular weight excluding hydrogens is 416 g/mol. The quantitative estimate of drug-likeness (QED) is 0.513. The van der Waals surface area contributed by atoms with Gasteiger partial charge in [0.25, 0.3) is 5.91 Å². The Labute approximate surface area is 164 Å². The van der Waals surface area contributed by atoms with Crippen LogP contribution in [-0.2, 0) is 21.4 Å². The SMILES string of the molecule is CS(=O)(=O)N(Cc1ccc(C(=O)CNC(=O)C(F)F)cc1F)c1ccccc1F. The van der Waals surface area contributed by atoms with E-state index in [1.807, 2.05) is 0 Å². The zero-order valence-electron chi connectivity index (χ0n) is 15.0. The summed E-state index contributed by atoms with van der Waals surface area (Å²) in [6, 6.07) is 8.12. The van der Waals surface area contributed by atoms with Crippen LogP contribution in [0.1, 0.15) is 15.9 Å². The lowest BCUT2D eigenvalue weighted by Gasteiger charge is -2.23. The molecule has 2 aromatic rings. The molecule has 11 heteroatoms. The van der Waals surface area contributed by atoms with Gasteiger partial charge in [0.05, 0.1) is 25.0 Å². The maximum absolute atomic E-state index is 14.4. The molecular formula is C18H16F4N2O4S. The molecule has 6 nitrogen and oxygen atoms in total. The standard InChI is InChI=1S/C18H16F4N2O4S/c1-29(27,28)24(15-5-3-2-4-13(15)19)10-12-7-6-11(8-14(12)20)16(25)9-23-18(26)17(21)22/h2-8,17H,9-10H2,1H3,(H,23,26). The van der Waals surface area contributed by atoms with Crippen LogP contribution in [-0.4, -0.2) is 39.3 Å². The highest BCUT2D eigenvalue weighted by molar-refractivity contribution is 7.92. The molecule has 156 valence electrons. The second kappa shape index (κ2) is 9.03. The summed E-state index contributed by atoms with van der Waals surface area (Å²) in [6.45, 7) is -1.30. The zero-order valence-corrected chi connectivity index (χ0v) is 15.8. The number of sulfonamides is 1. The fraction of sp³-hybridized carbons (Fsp3) is 0.222. The Kier molecular flexibility index (Phi) is 6.96. The largest absolute Gasteiger partial charge is 0.344 e. The van der Waals surface area contributed by atoms with Crippen LogP contribution in [0.2, 0.25) is 0 Å². The molecule has 0 radical (unpaired) electrons. The number of Topliss-reactive ketones (excluding diaryl/α,β-unsaturated/α-hetero) is 1. The lowest BCUT2D eigenvalue weighted by Crippen LogP contribution is -2.34. The minimum Gasteiger partial charge on any atom is -0.344 e. The highest BCUT2D eigenvalue weighted by Crippen LogP contribution is 2.25. The number of ketones is 1. The van der Waals surface area contributed by atoms with Gasteiger partial charge in [-0.3, -0.25) is 13.9 Å². The van der Waals surface area contributed by atoms with Crippen molar-refractivity contribution in [1.29, 1.82) is 0 Å². The average Bonchev–Trinajstić information content (AvgIpc) is 2.64. The van der Waals surface area contributed by atoms with Crippen LogP contribution in [0.25, 0.3) is 0 Å². The first kappa shape index (κ1) is 22.3. The third kappa shape index (κ3) is 5.76. The van der Waals surface area contributed by atoms with Crippen LogP contribution in [0, 0.1) is 11.6 Å². The molecule has 0 aliphatic carbocycles. The minimum atomic E-state index is -3.97.